The Balaban J connectivity index is 1.97. The summed E-state index contributed by atoms with van der Waals surface area (Å²) in [5.41, 5.74) is -1.04. The number of halogens is 4. The van der Waals surface area contributed by atoms with E-state index in [2.05, 4.69) is 4.74 Å². The number of aliphatic carboxylic acids is 1. The van der Waals surface area contributed by atoms with Gasteiger partial charge in [-0.3, -0.25) is 9.59 Å². The molecule has 33 heavy (non-hydrogen) atoms. The quantitative estimate of drug-likeness (QED) is 0.378. The van der Waals surface area contributed by atoms with Gasteiger partial charge in [-0.1, -0.05) is 17.7 Å². The number of carbonyl (C=O) groups is 1. The Labute approximate surface area is 191 Å². The maximum absolute atomic E-state index is 12.7. The van der Waals surface area contributed by atoms with Gasteiger partial charge in [0.15, 0.2) is 11.0 Å². The third-order valence-corrected chi connectivity index (χ3v) is 5.24. The molecule has 2 aromatic carbocycles. The molecule has 0 aliphatic rings. The summed E-state index contributed by atoms with van der Waals surface area (Å²) in [7, 11) is 0. The third kappa shape index (κ3) is 5.98. The first kappa shape index (κ1) is 24.4. The first-order valence-electron chi connectivity index (χ1n) is 9.86. The van der Waals surface area contributed by atoms with E-state index in [1.807, 2.05) is 0 Å². The van der Waals surface area contributed by atoms with Crippen LogP contribution in [0.2, 0.25) is 5.02 Å². The molecule has 0 saturated heterocycles. The fourth-order valence-electron chi connectivity index (χ4n) is 3.10. The molecule has 1 N–H and O–H groups in total. The van der Waals surface area contributed by atoms with Gasteiger partial charge in [0, 0.05) is 12.1 Å². The minimum atomic E-state index is -4.91. The van der Waals surface area contributed by atoms with Crippen molar-refractivity contribution < 1.29 is 37.0 Å². The van der Waals surface area contributed by atoms with E-state index < -0.39 is 28.9 Å². The van der Waals surface area contributed by atoms with Gasteiger partial charge in [-0.25, -0.2) is 0 Å². The van der Waals surface area contributed by atoms with Gasteiger partial charge in [0.25, 0.3) is 0 Å². The highest BCUT2D eigenvalue weighted by Crippen LogP contribution is 2.37. The van der Waals surface area contributed by atoms with Gasteiger partial charge < -0.3 is 19.0 Å². The predicted octanol–water partition coefficient (Wildman–Crippen LogP) is 6.28. The van der Waals surface area contributed by atoms with Crippen LogP contribution in [0.3, 0.4) is 0 Å². The van der Waals surface area contributed by atoms with Crippen LogP contribution in [0.25, 0.3) is 22.3 Å². The van der Waals surface area contributed by atoms with E-state index in [1.165, 1.54) is 12.1 Å². The maximum Gasteiger partial charge on any atom is 0.573 e. The van der Waals surface area contributed by atoms with Crippen molar-refractivity contribution in [3.8, 4) is 22.8 Å². The number of ether oxygens (including phenoxy) is 2. The van der Waals surface area contributed by atoms with Gasteiger partial charge in [-0.2, -0.15) is 0 Å². The molecule has 0 aliphatic heterocycles. The second-order valence-electron chi connectivity index (χ2n) is 7.94. The molecule has 0 spiro atoms. The summed E-state index contributed by atoms with van der Waals surface area (Å²) in [5, 5.41) is 9.66. The molecule has 6 nitrogen and oxygen atoms in total. The van der Waals surface area contributed by atoms with Crippen LogP contribution in [0, 0.1) is 5.41 Å². The van der Waals surface area contributed by atoms with Crippen LogP contribution in [0.5, 0.6) is 11.5 Å². The number of alkyl halides is 3. The number of carboxylic acid groups (broad SMARTS) is 1. The third-order valence-electron chi connectivity index (χ3n) is 4.94. The van der Waals surface area contributed by atoms with Crippen molar-refractivity contribution in [1.82, 2.24) is 0 Å². The van der Waals surface area contributed by atoms with E-state index in [0.717, 1.165) is 12.1 Å². The lowest BCUT2D eigenvalue weighted by atomic mass is 9.88. The second kappa shape index (κ2) is 9.35. The standard InChI is InChI=1S/C23H20ClF3O6/c1-22(2,21(29)30)9-4-10-31-18-11-13(33-23(25,26)27)7-8-15(18)19-12-17(28)14-5-3-6-16(24)20(14)32-19/h3,5-8,11-12H,4,9-10H2,1-2H3,(H,29,30). The number of rotatable bonds is 8. The van der Waals surface area contributed by atoms with Crippen molar-refractivity contribution in [1.29, 1.82) is 0 Å². The summed E-state index contributed by atoms with van der Waals surface area (Å²) in [4.78, 5) is 23.8. The summed E-state index contributed by atoms with van der Waals surface area (Å²) in [5.74, 6) is -1.48. The Kier molecular flexibility index (Phi) is 6.92. The van der Waals surface area contributed by atoms with E-state index in [-0.39, 0.29) is 46.1 Å². The van der Waals surface area contributed by atoms with Crippen LogP contribution in [0.4, 0.5) is 13.2 Å². The van der Waals surface area contributed by atoms with Gasteiger partial charge in [0.1, 0.15) is 17.3 Å². The first-order valence-corrected chi connectivity index (χ1v) is 10.2. The SMILES string of the molecule is CC(C)(CCCOc1cc(OC(F)(F)F)ccc1-c1cc(=O)c2cccc(Cl)c2o1)C(=O)O. The Morgan fingerprint density at radius 1 is 1.15 bits per heavy atom. The highest BCUT2D eigenvalue weighted by molar-refractivity contribution is 6.34. The minimum absolute atomic E-state index is 0.0117. The Bertz CT molecular complexity index is 1230. The molecular weight excluding hydrogens is 465 g/mol. The normalized spacial score (nSPS) is 12.1. The van der Waals surface area contributed by atoms with Crippen molar-refractivity contribution in [2.24, 2.45) is 5.41 Å². The summed E-state index contributed by atoms with van der Waals surface area (Å²) in [6, 6.07) is 9.24. The molecule has 0 radical (unpaired) electrons. The lowest BCUT2D eigenvalue weighted by Crippen LogP contribution is -2.24. The monoisotopic (exact) mass is 484 g/mol. The molecule has 0 fully saturated rings. The summed E-state index contributed by atoms with van der Waals surface area (Å²) in [6.45, 7) is 3.13. The number of fused-ring (bicyclic) bond motifs is 1. The van der Waals surface area contributed by atoms with E-state index in [0.29, 0.717) is 6.42 Å². The zero-order valence-electron chi connectivity index (χ0n) is 17.7. The minimum Gasteiger partial charge on any atom is -0.493 e. The van der Waals surface area contributed by atoms with Crippen molar-refractivity contribution in [2.75, 3.05) is 6.61 Å². The second-order valence-corrected chi connectivity index (χ2v) is 8.35. The fraction of sp³-hybridized carbons (Fsp3) is 0.304. The Hall–Kier alpha value is -3.20. The maximum atomic E-state index is 12.7. The summed E-state index contributed by atoms with van der Waals surface area (Å²) in [6.07, 6.45) is -4.32. The van der Waals surface area contributed by atoms with Crippen LogP contribution >= 0.6 is 11.6 Å². The number of para-hydroxylation sites is 1. The number of carboxylic acids is 1. The molecule has 3 aromatic rings. The first-order chi connectivity index (χ1) is 15.4. The van der Waals surface area contributed by atoms with Crippen LogP contribution in [0.1, 0.15) is 26.7 Å². The Morgan fingerprint density at radius 2 is 1.88 bits per heavy atom. The van der Waals surface area contributed by atoms with E-state index in [1.54, 1.807) is 32.0 Å². The Morgan fingerprint density at radius 3 is 2.55 bits per heavy atom. The van der Waals surface area contributed by atoms with Crippen LogP contribution < -0.4 is 14.9 Å². The lowest BCUT2D eigenvalue weighted by Gasteiger charge is -2.19. The van der Waals surface area contributed by atoms with E-state index in [4.69, 9.17) is 20.8 Å². The van der Waals surface area contributed by atoms with E-state index >= 15 is 0 Å². The molecule has 1 aromatic heterocycles. The average molecular weight is 485 g/mol. The molecule has 1 heterocycles. The summed E-state index contributed by atoms with van der Waals surface area (Å²) < 4.78 is 53.5. The van der Waals surface area contributed by atoms with Crippen LogP contribution in [-0.4, -0.2) is 24.0 Å². The van der Waals surface area contributed by atoms with Crippen molar-refractivity contribution in [3.63, 3.8) is 0 Å². The molecule has 0 amide bonds. The smallest absolute Gasteiger partial charge is 0.493 e. The van der Waals surface area contributed by atoms with E-state index in [9.17, 15) is 27.9 Å². The fourth-order valence-corrected chi connectivity index (χ4v) is 3.31. The van der Waals surface area contributed by atoms with Gasteiger partial charge in [-0.15, -0.1) is 13.2 Å². The van der Waals surface area contributed by atoms with Crippen molar-refractivity contribution in [2.45, 2.75) is 33.1 Å². The molecule has 3 rings (SSSR count). The molecule has 0 saturated carbocycles. The average Bonchev–Trinajstić information content (AvgIpc) is 2.71. The van der Waals surface area contributed by atoms with Crippen molar-refractivity contribution >= 4 is 28.5 Å². The molecule has 176 valence electrons. The summed E-state index contributed by atoms with van der Waals surface area (Å²) >= 11 is 6.14. The van der Waals surface area contributed by atoms with Crippen LogP contribution in [-0.2, 0) is 4.79 Å². The molecule has 0 unspecified atom stereocenters. The molecule has 10 heteroatoms. The molecule has 0 aliphatic carbocycles. The molecule has 0 bridgehead atoms. The van der Waals surface area contributed by atoms with Gasteiger partial charge in [0.05, 0.1) is 28.0 Å². The lowest BCUT2D eigenvalue weighted by molar-refractivity contribution is -0.274. The van der Waals surface area contributed by atoms with Crippen LogP contribution in [0.15, 0.2) is 51.7 Å². The molecule has 0 atom stereocenters. The number of hydrogen-bond acceptors (Lipinski definition) is 5. The number of hydrogen-bond donors (Lipinski definition) is 1. The number of benzene rings is 2. The highest BCUT2D eigenvalue weighted by atomic mass is 35.5. The highest BCUT2D eigenvalue weighted by Gasteiger charge is 2.31. The van der Waals surface area contributed by atoms with Gasteiger partial charge in [0.2, 0.25) is 0 Å². The van der Waals surface area contributed by atoms with Gasteiger partial charge in [-0.05, 0) is 51.0 Å². The van der Waals surface area contributed by atoms with Gasteiger partial charge >= 0.3 is 12.3 Å². The zero-order valence-corrected chi connectivity index (χ0v) is 18.4. The molecular formula is C23H20ClF3O6. The predicted molar refractivity (Wildman–Crippen MR) is 116 cm³/mol. The topological polar surface area (TPSA) is 86.0 Å². The van der Waals surface area contributed by atoms with Crippen molar-refractivity contribution in [3.05, 3.63) is 57.7 Å². The largest absolute Gasteiger partial charge is 0.573 e. The zero-order chi connectivity index (χ0) is 24.4.